The van der Waals surface area contributed by atoms with Crippen LogP contribution >= 0.6 is 23.1 Å². The van der Waals surface area contributed by atoms with Crippen LogP contribution in [0.25, 0.3) is 10.1 Å². The van der Waals surface area contributed by atoms with E-state index in [1.807, 2.05) is 23.8 Å². The number of hydrogen-bond acceptors (Lipinski definition) is 4. The molecule has 2 nitrogen and oxygen atoms in total. The number of benzene rings is 1. The highest BCUT2D eigenvalue weighted by Crippen LogP contribution is 2.35. The Hall–Kier alpha value is -1.000. The first kappa shape index (κ1) is 9.55. The summed E-state index contributed by atoms with van der Waals surface area (Å²) >= 11 is 3.24. The van der Waals surface area contributed by atoms with E-state index in [0.29, 0.717) is 5.69 Å². The van der Waals surface area contributed by atoms with Crippen LogP contribution in [0.3, 0.4) is 0 Å². The predicted octanol–water partition coefficient (Wildman–Crippen LogP) is 3.02. The molecule has 72 valence electrons. The molecule has 0 saturated heterocycles. The van der Waals surface area contributed by atoms with Crippen LogP contribution in [0.5, 0.6) is 0 Å². The predicted molar refractivity (Wildman–Crippen MR) is 63.4 cm³/mol. The van der Waals surface area contributed by atoms with E-state index in [2.05, 4.69) is 0 Å². The normalized spacial score (nSPS) is 10.6. The molecule has 0 aliphatic rings. The number of anilines is 1. The minimum atomic E-state index is 0.711. The Balaban J connectivity index is 2.83. The van der Waals surface area contributed by atoms with E-state index in [1.54, 1.807) is 23.1 Å². The summed E-state index contributed by atoms with van der Waals surface area (Å²) in [4.78, 5) is 11.9. The summed E-state index contributed by atoms with van der Waals surface area (Å²) in [5, 5.41) is 2.84. The van der Waals surface area contributed by atoms with Crippen molar-refractivity contribution in [3.63, 3.8) is 0 Å². The van der Waals surface area contributed by atoms with Crippen molar-refractivity contribution in [3.05, 3.63) is 23.1 Å². The lowest BCUT2D eigenvalue weighted by Gasteiger charge is -2.01. The summed E-state index contributed by atoms with van der Waals surface area (Å²) in [5.74, 6) is 0. The third-order valence-electron chi connectivity index (χ3n) is 2.04. The Kier molecular flexibility index (Phi) is 2.48. The van der Waals surface area contributed by atoms with Crippen molar-refractivity contribution in [2.24, 2.45) is 0 Å². The van der Waals surface area contributed by atoms with Crippen LogP contribution in [0.15, 0.2) is 22.4 Å². The molecule has 0 aliphatic heterocycles. The summed E-state index contributed by atoms with van der Waals surface area (Å²) in [6.45, 7) is 0. The minimum Gasteiger partial charge on any atom is -0.399 e. The number of hydrogen-bond donors (Lipinski definition) is 1. The molecule has 1 aromatic carbocycles. The highest BCUT2D eigenvalue weighted by atomic mass is 32.2. The van der Waals surface area contributed by atoms with Gasteiger partial charge in [0.2, 0.25) is 0 Å². The maximum absolute atomic E-state index is 10.8. The van der Waals surface area contributed by atoms with Crippen molar-refractivity contribution in [2.75, 3.05) is 12.0 Å². The zero-order chi connectivity index (χ0) is 10.1. The number of rotatable bonds is 2. The summed E-state index contributed by atoms with van der Waals surface area (Å²) in [7, 11) is 0. The number of thioether (sulfide) groups is 1. The number of carbonyl (C=O) groups excluding carboxylic acids is 1. The Morgan fingerprint density at radius 2 is 2.29 bits per heavy atom. The molecule has 2 aromatic rings. The molecule has 0 radical (unpaired) electrons. The SMILES string of the molecule is CSc1cc(N)cc2c(C=O)csc12. The molecular weight excluding hydrogens is 214 g/mol. The molecule has 0 bridgehead atoms. The van der Waals surface area contributed by atoms with Gasteiger partial charge in [-0.1, -0.05) is 0 Å². The molecule has 2 rings (SSSR count). The first-order valence-corrected chi connectivity index (χ1v) is 6.16. The highest BCUT2D eigenvalue weighted by molar-refractivity contribution is 7.99. The van der Waals surface area contributed by atoms with Gasteiger partial charge in [0.25, 0.3) is 0 Å². The quantitative estimate of drug-likeness (QED) is 0.483. The van der Waals surface area contributed by atoms with Gasteiger partial charge in [0.15, 0.2) is 6.29 Å². The molecule has 0 fully saturated rings. The third-order valence-corrected chi connectivity index (χ3v) is 3.98. The molecule has 2 N–H and O–H groups in total. The molecule has 0 atom stereocenters. The first-order valence-electron chi connectivity index (χ1n) is 4.06. The van der Waals surface area contributed by atoms with Crippen molar-refractivity contribution in [1.29, 1.82) is 0 Å². The van der Waals surface area contributed by atoms with E-state index in [-0.39, 0.29) is 0 Å². The van der Waals surface area contributed by atoms with Crippen LogP contribution < -0.4 is 5.73 Å². The van der Waals surface area contributed by atoms with Gasteiger partial charge in [-0.3, -0.25) is 4.79 Å². The second kappa shape index (κ2) is 3.63. The number of thiophene rings is 1. The fraction of sp³-hybridized carbons (Fsp3) is 0.100. The van der Waals surface area contributed by atoms with Gasteiger partial charge in [0.1, 0.15) is 0 Å². The molecule has 1 heterocycles. The van der Waals surface area contributed by atoms with Gasteiger partial charge >= 0.3 is 0 Å². The molecule has 0 aliphatic carbocycles. The van der Waals surface area contributed by atoms with Crippen LogP contribution in [0, 0.1) is 0 Å². The van der Waals surface area contributed by atoms with Crippen molar-refractivity contribution >= 4 is 45.2 Å². The maximum Gasteiger partial charge on any atom is 0.151 e. The highest BCUT2D eigenvalue weighted by Gasteiger charge is 2.08. The molecule has 0 unspecified atom stereocenters. The lowest BCUT2D eigenvalue weighted by atomic mass is 10.2. The van der Waals surface area contributed by atoms with Gasteiger partial charge in [0.05, 0.1) is 0 Å². The fourth-order valence-electron chi connectivity index (χ4n) is 1.39. The average molecular weight is 223 g/mol. The molecule has 0 spiro atoms. The Bertz CT molecular complexity index is 490. The van der Waals surface area contributed by atoms with E-state index in [9.17, 15) is 4.79 Å². The van der Waals surface area contributed by atoms with E-state index in [0.717, 1.165) is 26.8 Å². The summed E-state index contributed by atoms with van der Waals surface area (Å²) in [5.41, 5.74) is 7.20. The number of aldehydes is 1. The fourth-order valence-corrected chi connectivity index (χ4v) is 3.24. The van der Waals surface area contributed by atoms with Crippen LogP contribution in [-0.4, -0.2) is 12.5 Å². The van der Waals surface area contributed by atoms with E-state index >= 15 is 0 Å². The molecule has 14 heavy (non-hydrogen) atoms. The van der Waals surface area contributed by atoms with Gasteiger partial charge in [-0.2, -0.15) is 0 Å². The summed E-state index contributed by atoms with van der Waals surface area (Å²) in [6, 6.07) is 3.80. The second-order valence-electron chi connectivity index (χ2n) is 2.91. The summed E-state index contributed by atoms with van der Waals surface area (Å²) in [6.07, 6.45) is 2.89. The van der Waals surface area contributed by atoms with Crippen molar-refractivity contribution in [2.45, 2.75) is 4.90 Å². The molecule has 1 aromatic heterocycles. The number of nitrogens with two attached hydrogens (primary N) is 1. The lowest BCUT2D eigenvalue weighted by Crippen LogP contribution is -1.86. The van der Waals surface area contributed by atoms with Crippen LogP contribution in [0.1, 0.15) is 10.4 Å². The third kappa shape index (κ3) is 1.40. The van der Waals surface area contributed by atoms with Crippen LogP contribution in [-0.2, 0) is 0 Å². The van der Waals surface area contributed by atoms with Gasteiger partial charge in [-0.15, -0.1) is 23.1 Å². The van der Waals surface area contributed by atoms with Gasteiger partial charge in [-0.25, -0.2) is 0 Å². The minimum absolute atomic E-state index is 0.711. The lowest BCUT2D eigenvalue weighted by molar-refractivity contribution is 0.112. The van der Waals surface area contributed by atoms with Crippen LogP contribution in [0.4, 0.5) is 5.69 Å². The molecule has 0 saturated carbocycles. The summed E-state index contributed by atoms with van der Waals surface area (Å²) < 4.78 is 1.15. The smallest absolute Gasteiger partial charge is 0.151 e. The number of nitrogen functional groups attached to an aromatic ring is 1. The van der Waals surface area contributed by atoms with E-state index in [1.165, 1.54) is 0 Å². The number of fused-ring (bicyclic) bond motifs is 1. The monoisotopic (exact) mass is 223 g/mol. The van der Waals surface area contributed by atoms with Gasteiger partial charge in [0, 0.05) is 31.6 Å². The molecular formula is C10H9NOS2. The standard InChI is InChI=1S/C10H9NOS2/c1-13-9-3-7(11)2-8-6(4-12)5-14-10(8)9/h2-5H,11H2,1H3. The van der Waals surface area contributed by atoms with E-state index in [4.69, 9.17) is 5.73 Å². The largest absolute Gasteiger partial charge is 0.399 e. The van der Waals surface area contributed by atoms with E-state index < -0.39 is 0 Å². The first-order chi connectivity index (χ1) is 6.76. The van der Waals surface area contributed by atoms with Crippen molar-refractivity contribution in [3.8, 4) is 0 Å². The maximum atomic E-state index is 10.8. The molecule has 4 heteroatoms. The van der Waals surface area contributed by atoms with Gasteiger partial charge in [-0.05, 0) is 18.4 Å². The van der Waals surface area contributed by atoms with Crippen LogP contribution in [0.2, 0.25) is 0 Å². The zero-order valence-electron chi connectivity index (χ0n) is 7.61. The second-order valence-corrected chi connectivity index (χ2v) is 4.64. The Morgan fingerprint density at radius 3 is 2.93 bits per heavy atom. The zero-order valence-corrected chi connectivity index (χ0v) is 9.24. The van der Waals surface area contributed by atoms with Gasteiger partial charge < -0.3 is 5.73 Å². The van der Waals surface area contributed by atoms with Crippen molar-refractivity contribution < 1.29 is 4.79 Å². The average Bonchev–Trinajstić information content (AvgIpc) is 2.59. The van der Waals surface area contributed by atoms with Crippen molar-refractivity contribution in [1.82, 2.24) is 0 Å². The topological polar surface area (TPSA) is 43.1 Å². The Morgan fingerprint density at radius 1 is 1.50 bits per heavy atom. The number of carbonyl (C=O) groups is 1. The molecule has 0 amide bonds. The Labute approximate surface area is 90.1 Å².